The second-order valence-corrected chi connectivity index (χ2v) is 23.3. The predicted molar refractivity (Wildman–Crippen MR) is 219 cm³/mol. The van der Waals surface area contributed by atoms with Gasteiger partial charge in [-0.1, -0.05) is 31.6 Å². The van der Waals surface area contributed by atoms with Gasteiger partial charge in [-0.2, -0.15) is 17.2 Å². The third kappa shape index (κ3) is 13.7. The van der Waals surface area contributed by atoms with Gasteiger partial charge < -0.3 is 89.9 Å². The molecule has 372 valence electrons. The molecule has 0 aromatic rings. The van der Waals surface area contributed by atoms with Gasteiger partial charge in [0.25, 0.3) is 0 Å². The summed E-state index contributed by atoms with van der Waals surface area (Å²) < 4.78 is 103. The van der Waals surface area contributed by atoms with Gasteiger partial charge in [-0.3, -0.25) is 9.05 Å². The first-order valence-electron chi connectivity index (χ1n) is 17.3. The molecule has 2 fully saturated rings. The van der Waals surface area contributed by atoms with Crippen LogP contribution in [0.25, 0.3) is 0 Å². The molecular weight excluding hydrogens is 1020 g/mol. The Kier molecular flexibility index (Phi) is 17.1. The number of nitrogens with two attached hydrogens (primary N) is 1. The lowest BCUT2D eigenvalue weighted by Gasteiger charge is -2.38. The van der Waals surface area contributed by atoms with Crippen LogP contribution in [-0.4, -0.2) is 135 Å². The first-order chi connectivity index (χ1) is 29.5. The van der Waals surface area contributed by atoms with E-state index >= 15 is 0 Å². The fourth-order valence-electron chi connectivity index (χ4n) is 5.86. The summed E-state index contributed by atoms with van der Waals surface area (Å²) in [6.07, 6.45) is 6.70. The minimum absolute atomic E-state index is 0.0267. The molecule has 0 saturated carbocycles. The van der Waals surface area contributed by atoms with Crippen molar-refractivity contribution in [2.45, 2.75) is 74.8 Å². The van der Waals surface area contributed by atoms with E-state index in [1.54, 1.807) is 13.8 Å². The average Bonchev–Trinajstić information content (AvgIpc) is 3.46. The SMILES string of the molecule is C#CC1(O)[C@@H](O)[C@@](C)(COP(=O)(O)OP(=O)(O)OP(=O)(O)O)O[C@H]1N1C=C(C)C(=C)NC1=C.C#CC1(O)[C@@H](O)[C@@](C)(COP(=O)(O)OP(=O)(O)OP(=O)(O)O)O[C@H]1N1C=C(C)C(N)=NC1=C. The summed E-state index contributed by atoms with van der Waals surface area (Å²) in [5.74, 6) is 4.24. The third-order valence-electron chi connectivity index (χ3n) is 9.03. The van der Waals surface area contributed by atoms with Crippen molar-refractivity contribution in [1.29, 1.82) is 0 Å². The Morgan fingerprint density at radius 2 is 1.08 bits per heavy atom. The zero-order valence-corrected chi connectivity index (χ0v) is 39.7. The van der Waals surface area contributed by atoms with Crippen molar-refractivity contribution in [3.05, 3.63) is 60.6 Å². The molecule has 31 nitrogen and oxygen atoms in total. The smallest absolute Gasteiger partial charge is 0.386 e. The summed E-state index contributed by atoms with van der Waals surface area (Å²) in [5.41, 5.74) is -1.67. The van der Waals surface area contributed by atoms with Crippen molar-refractivity contribution >= 4 is 52.8 Å². The van der Waals surface area contributed by atoms with E-state index in [1.165, 1.54) is 17.3 Å². The number of aliphatic hydroxyl groups excluding tert-OH is 2. The number of phosphoric acid groups is 6. The molecule has 12 atom stereocenters. The summed E-state index contributed by atoms with van der Waals surface area (Å²) >= 11 is 0. The fraction of sp³-hybridized carbons (Fsp3) is 0.483. The molecular formula is C29H45N5O26P6. The number of ether oxygens (including phenoxy) is 2. The van der Waals surface area contributed by atoms with Gasteiger partial charge in [-0.05, 0) is 33.3 Å². The van der Waals surface area contributed by atoms with Crippen LogP contribution in [0.2, 0.25) is 0 Å². The van der Waals surface area contributed by atoms with Gasteiger partial charge in [0.1, 0.15) is 40.9 Å². The minimum atomic E-state index is -5.76. The minimum Gasteiger partial charge on any atom is -0.386 e. The maximum Gasteiger partial charge on any atom is 0.490 e. The number of aliphatic imine (C=N–C) groups is 1. The number of nitrogens with one attached hydrogen (secondary N) is 1. The van der Waals surface area contributed by atoms with Crippen LogP contribution in [0.5, 0.6) is 0 Å². The molecule has 4 rings (SSSR count). The largest absolute Gasteiger partial charge is 0.490 e. The Morgan fingerprint density at radius 3 is 1.44 bits per heavy atom. The van der Waals surface area contributed by atoms with Crippen LogP contribution in [0.15, 0.2) is 65.6 Å². The standard InChI is InChI=1S/C15H23N2O13P3.C14H22N3O13P3/c1-6-15(19)12(18)14(5,28-13(15)17-7-9(2)10(3)16-11(17)4)8-27-32(23,24)30-33(25,26)29-31(20,21)22;1-5-14(19)11(18)13(4,28-12(14)17-6-8(2)10(15)16-9(17)3)7-27-32(23,24)30-33(25,26)29-31(20,21)22/h1,7,12-13,16,18-19H,3-4,8H2,2,5H3,(H,23,24)(H,25,26)(H2,20,21,22);1,6,11-12,18-19H,3,7H2,2,4H3,(H2,15,16)(H,23,24)(H,25,26)(H2,20,21,22)/t12-,13+,14+,15?;11-,12+,13+,14?/m00/s1. The maximum absolute atomic E-state index is 12.0. The summed E-state index contributed by atoms with van der Waals surface area (Å²) in [7, 11) is -33.7. The number of amidine groups is 1. The highest BCUT2D eigenvalue weighted by Gasteiger charge is 2.65. The molecule has 0 spiro atoms. The van der Waals surface area contributed by atoms with Gasteiger partial charge in [0, 0.05) is 23.7 Å². The second-order valence-electron chi connectivity index (χ2n) is 14.4. The van der Waals surface area contributed by atoms with Crippen molar-refractivity contribution in [2.75, 3.05) is 13.2 Å². The number of aliphatic hydroxyl groups is 4. The predicted octanol–water partition coefficient (Wildman–Crippen LogP) is -0.818. The molecule has 0 aromatic heterocycles. The summed E-state index contributed by atoms with van der Waals surface area (Å²) in [5, 5.41) is 46.1. The molecule has 4 aliphatic rings. The lowest BCUT2D eigenvalue weighted by atomic mass is 9.88. The molecule has 2 saturated heterocycles. The maximum atomic E-state index is 12.0. The van der Waals surface area contributed by atoms with Crippen LogP contribution in [0.1, 0.15) is 27.7 Å². The lowest BCUT2D eigenvalue weighted by molar-refractivity contribution is -0.126. The van der Waals surface area contributed by atoms with Crippen molar-refractivity contribution in [1.82, 2.24) is 15.1 Å². The monoisotopic (exact) mass is 1070 g/mol. The highest BCUT2D eigenvalue weighted by atomic mass is 31.3. The van der Waals surface area contributed by atoms with Crippen molar-refractivity contribution in [3.63, 3.8) is 0 Å². The summed E-state index contributed by atoms with van der Waals surface area (Å²) in [6, 6.07) is 0. The molecule has 0 amide bonds. The Hall–Kier alpha value is -2.73. The Balaban J connectivity index is 0.000000350. The summed E-state index contributed by atoms with van der Waals surface area (Å²) in [6.45, 7) is 14.5. The van der Waals surface area contributed by atoms with Crippen LogP contribution < -0.4 is 11.1 Å². The third-order valence-corrected chi connectivity index (χ3v) is 16.6. The quantitative estimate of drug-likeness (QED) is 0.0663. The lowest BCUT2D eigenvalue weighted by Crippen LogP contribution is -2.55. The molecule has 15 N–H and O–H groups in total. The number of phosphoric ester groups is 2. The van der Waals surface area contributed by atoms with E-state index in [2.05, 4.69) is 56.3 Å². The molecule has 6 unspecified atom stereocenters. The number of nitrogens with zero attached hydrogens (tertiary/aromatic N) is 3. The van der Waals surface area contributed by atoms with Crippen LogP contribution in [0.4, 0.5) is 0 Å². The first-order valence-corrected chi connectivity index (χ1v) is 26.4. The molecule has 0 radical (unpaired) electrons. The van der Waals surface area contributed by atoms with E-state index in [1.807, 2.05) is 11.8 Å². The van der Waals surface area contributed by atoms with Crippen molar-refractivity contribution < 1.29 is 123 Å². The van der Waals surface area contributed by atoms with Crippen molar-refractivity contribution in [3.8, 4) is 24.7 Å². The van der Waals surface area contributed by atoms with Crippen molar-refractivity contribution in [2.24, 2.45) is 10.7 Å². The topological polar surface area (TPSA) is 476 Å². The van der Waals surface area contributed by atoms with E-state index in [0.29, 0.717) is 16.8 Å². The average molecular weight is 1070 g/mol. The number of hydrogen-bond donors (Lipinski definition) is 14. The zero-order chi connectivity index (χ0) is 51.2. The van der Waals surface area contributed by atoms with E-state index in [0.717, 1.165) is 18.7 Å². The summed E-state index contributed by atoms with van der Waals surface area (Å²) in [4.78, 5) is 78.4. The van der Waals surface area contributed by atoms with Gasteiger partial charge in [0.15, 0.2) is 23.7 Å². The van der Waals surface area contributed by atoms with E-state index in [9.17, 15) is 67.4 Å². The molecule has 0 aromatic carbocycles. The highest BCUT2D eigenvalue weighted by Crippen LogP contribution is 2.68. The van der Waals surface area contributed by atoms with Crippen LogP contribution in [-0.2, 0) is 63.2 Å². The van der Waals surface area contributed by atoms with Gasteiger partial charge >= 0.3 is 46.9 Å². The van der Waals surface area contributed by atoms with Gasteiger partial charge in [-0.25, -0.2) is 32.4 Å². The molecule has 0 aliphatic carbocycles. The molecule has 66 heavy (non-hydrogen) atoms. The van der Waals surface area contributed by atoms with Crippen LogP contribution in [0, 0.1) is 24.7 Å². The Bertz CT molecular complexity index is 2470. The van der Waals surface area contributed by atoms with E-state index in [4.69, 9.17) is 47.6 Å². The van der Waals surface area contributed by atoms with Gasteiger partial charge in [0.05, 0.1) is 13.2 Å². The Labute approximate surface area is 374 Å². The number of rotatable bonds is 16. The van der Waals surface area contributed by atoms with Gasteiger partial charge in [-0.15, -0.1) is 12.8 Å². The molecule has 4 heterocycles. The van der Waals surface area contributed by atoms with E-state index in [-0.39, 0.29) is 17.5 Å². The normalized spacial score (nSPS) is 34.2. The van der Waals surface area contributed by atoms with Crippen LogP contribution in [0.3, 0.4) is 0 Å². The molecule has 4 aliphatic heterocycles. The Morgan fingerprint density at radius 1 is 0.712 bits per heavy atom. The number of hydrogen-bond acceptors (Lipinski definition) is 23. The van der Waals surface area contributed by atoms with Gasteiger partial charge in [0.2, 0.25) is 0 Å². The second kappa shape index (κ2) is 19.6. The first kappa shape index (κ1) is 57.6. The number of allylic oxidation sites excluding steroid dienone is 1. The molecule has 37 heteroatoms. The van der Waals surface area contributed by atoms with E-state index < -0.39 is 107 Å². The fourth-order valence-corrected chi connectivity index (χ4v) is 12.1. The number of terminal acetylenes is 2. The highest BCUT2D eigenvalue weighted by molar-refractivity contribution is 7.67. The molecule has 0 bridgehead atoms. The zero-order valence-electron chi connectivity index (χ0n) is 34.3. The van der Waals surface area contributed by atoms with Crippen LogP contribution >= 0.6 is 46.9 Å².